The summed E-state index contributed by atoms with van der Waals surface area (Å²) in [6, 6.07) is 15.4. The van der Waals surface area contributed by atoms with Crippen molar-refractivity contribution in [2.45, 2.75) is 51.0 Å². The average Bonchev–Trinajstić information content (AvgIpc) is 3.08. The fraction of sp³-hybridized carbons (Fsp3) is 0.423. The van der Waals surface area contributed by atoms with E-state index in [2.05, 4.69) is 65.7 Å². The summed E-state index contributed by atoms with van der Waals surface area (Å²) in [7, 11) is 0. The highest BCUT2D eigenvalue weighted by Gasteiger charge is 2.39. The van der Waals surface area contributed by atoms with Crippen LogP contribution in [0.2, 0.25) is 0 Å². The first-order valence-electron chi connectivity index (χ1n) is 11.1. The van der Waals surface area contributed by atoms with Gasteiger partial charge in [-0.15, -0.1) is 0 Å². The van der Waals surface area contributed by atoms with Crippen LogP contribution in [0.5, 0.6) is 0 Å². The molecule has 5 rings (SSSR count). The molecule has 2 heterocycles. The maximum absolute atomic E-state index is 13.5. The lowest BCUT2D eigenvalue weighted by atomic mass is 9.76. The van der Waals surface area contributed by atoms with E-state index in [1.807, 2.05) is 6.07 Å². The SMILES string of the molecule is Cc1ccc(C2Nc3c(C(=O)N4CCCCCC4)cccc3C3C=CCC32)cc1. The van der Waals surface area contributed by atoms with E-state index < -0.39 is 0 Å². The highest BCUT2D eigenvalue weighted by Crippen LogP contribution is 2.50. The Bertz CT molecular complexity index is 922. The molecule has 2 aliphatic heterocycles. The van der Waals surface area contributed by atoms with Crippen molar-refractivity contribution in [1.29, 1.82) is 0 Å². The van der Waals surface area contributed by atoms with Crippen molar-refractivity contribution in [3.8, 4) is 0 Å². The predicted molar refractivity (Wildman–Crippen MR) is 118 cm³/mol. The van der Waals surface area contributed by atoms with Crippen LogP contribution >= 0.6 is 0 Å². The molecule has 0 bridgehead atoms. The van der Waals surface area contributed by atoms with Gasteiger partial charge in [-0.2, -0.15) is 0 Å². The zero-order chi connectivity index (χ0) is 19.8. The molecule has 3 aliphatic rings. The van der Waals surface area contributed by atoms with Gasteiger partial charge in [-0.05, 0) is 49.3 Å². The number of amides is 1. The zero-order valence-corrected chi connectivity index (χ0v) is 17.2. The number of carbonyl (C=O) groups is 1. The summed E-state index contributed by atoms with van der Waals surface area (Å²) in [4.78, 5) is 15.5. The van der Waals surface area contributed by atoms with Crippen molar-refractivity contribution in [2.24, 2.45) is 5.92 Å². The molecule has 1 fully saturated rings. The molecule has 1 aliphatic carbocycles. The summed E-state index contributed by atoms with van der Waals surface area (Å²) < 4.78 is 0. The standard InChI is InChI=1S/C26H30N2O/c1-18-12-14-19(15-13-18)24-21-9-6-8-20(21)22-10-7-11-23(25(22)27-24)26(29)28-16-4-2-3-5-17-28/h6-8,10-15,20-21,24,27H,2-5,9,16-17H2,1H3. The smallest absolute Gasteiger partial charge is 0.255 e. The predicted octanol–water partition coefficient (Wildman–Crippen LogP) is 5.84. The van der Waals surface area contributed by atoms with Crippen LogP contribution in [0, 0.1) is 12.8 Å². The lowest BCUT2D eigenvalue weighted by Gasteiger charge is -2.38. The van der Waals surface area contributed by atoms with Gasteiger partial charge in [-0.25, -0.2) is 0 Å². The highest BCUT2D eigenvalue weighted by atomic mass is 16.2. The van der Waals surface area contributed by atoms with Crippen LogP contribution < -0.4 is 5.32 Å². The summed E-state index contributed by atoms with van der Waals surface area (Å²) >= 11 is 0. The van der Waals surface area contributed by atoms with E-state index in [1.165, 1.54) is 29.5 Å². The summed E-state index contributed by atoms with van der Waals surface area (Å²) in [5.74, 6) is 1.09. The third-order valence-electron chi connectivity index (χ3n) is 6.96. The molecule has 1 N–H and O–H groups in total. The molecule has 1 amide bonds. The summed E-state index contributed by atoms with van der Waals surface area (Å²) in [5.41, 5.74) is 5.79. The van der Waals surface area contributed by atoms with E-state index in [4.69, 9.17) is 0 Å². The lowest BCUT2D eigenvalue weighted by Crippen LogP contribution is -2.35. The maximum Gasteiger partial charge on any atom is 0.255 e. The molecule has 1 saturated heterocycles. The Morgan fingerprint density at radius 2 is 1.76 bits per heavy atom. The molecule has 0 saturated carbocycles. The molecule has 3 nitrogen and oxygen atoms in total. The number of allylic oxidation sites excluding steroid dienone is 2. The van der Waals surface area contributed by atoms with Crippen LogP contribution in [0.4, 0.5) is 5.69 Å². The molecule has 2 aromatic carbocycles. The van der Waals surface area contributed by atoms with E-state index in [0.29, 0.717) is 11.8 Å². The molecule has 29 heavy (non-hydrogen) atoms. The van der Waals surface area contributed by atoms with E-state index in [9.17, 15) is 4.79 Å². The minimum Gasteiger partial charge on any atom is -0.377 e. The Morgan fingerprint density at radius 3 is 2.52 bits per heavy atom. The lowest BCUT2D eigenvalue weighted by molar-refractivity contribution is 0.0762. The minimum atomic E-state index is 0.194. The second-order valence-corrected chi connectivity index (χ2v) is 8.86. The number of likely N-dealkylation sites (tertiary alicyclic amines) is 1. The molecule has 3 unspecified atom stereocenters. The van der Waals surface area contributed by atoms with Crippen molar-refractivity contribution in [2.75, 3.05) is 18.4 Å². The van der Waals surface area contributed by atoms with Crippen LogP contribution in [0.15, 0.2) is 54.6 Å². The van der Waals surface area contributed by atoms with Gasteiger partial charge in [0.25, 0.3) is 5.91 Å². The van der Waals surface area contributed by atoms with Crippen LogP contribution in [0.1, 0.15) is 71.1 Å². The Balaban J connectivity index is 1.53. The van der Waals surface area contributed by atoms with Crippen molar-refractivity contribution in [3.63, 3.8) is 0 Å². The number of rotatable bonds is 2. The van der Waals surface area contributed by atoms with Crippen LogP contribution in [-0.2, 0) is 0 Å². The monoisotopic (exact) mass is 386 g/mol. The number of para-hydroxylation sites is 1. The third-order valence-corrected chi connectivity index (χ3v) is 6.96. The third kappa shape index (κ3) is 3.37. The van der Waals surface area contributed by atoms with Gasteiger partial charge in [0.15, 0.2) is 0 Å². The van der Waals surface area contributed by atoms with Crippen molar-refractivity contribution in [1.82, 2.24) is 4.90 Å². The summed E-state index contributed by atoms with van der Waals surface area (Å²) in [5, 5.41) is 3.82. The quantitative estimate of drug-likeness (QED) is 0.658. The van der Waals surface area contributed by atoms with E-state index >= 15 is 0 Å². The Kier molecular flexibility index (Phi) is 4.91. The highest BCUT2D eigenvalue weighted by molar-refractivity contribution is 6.00. The van der Waals surface area contributed by atoms with Crippen molar-refractivity contribution < 1.29 is 4.79 Å². The summed E-state index contributed by atoms with van der Waals surface area (Å²) in [6.07, 6.45) is 10.5. The number of hydrogen-bond acceptors (Lipinski definition) is 2. The second-order valence-electron chi connectivity index (χ2n) is 8.86. The maximum atomic E-state index is 13.5. The molecular formula is C26H30N2O. The fourth-order valence-electron chi connectivity index (χ4n) is 5.35. The van der Waals surface area contributed by atoms with Crippen molar-refractivity contribution >= 4 is 11.6 Å². The van der Waals surface area contributed by atoms with Crippen LogP contribution in [0.3, 0.4) is 0 Å². The van der Waals surface area contributed by atoms with Gasteiger partial charge in [0.2, 0.25) is 0 Å². The fourth-order valence-corrected chi connectivity index (χ4v) is 5.35. The Morgan fingerprint density at radius 1 is 1.00 bits per heavy atom. The van der Waals surface area contributed by atoms with Gasteiger partial charge in [0.05, 0.1) is 17.3 Å². The topological polar surface area (TPSA) is 32.3 Å². The molecule has 0 spiro atoms. The first-order chi connectivity index (χ1) is 14.2. The minimum absolute atomic E-state index is 0.194. The number of nitrogens with one attached hydrogen (secondary N) is 1. The molecule has 3 heteroatoms. The van der Waals surface area contributed by atoms with Gasteiger partial charge in [0.1, 0.15) is 0 Å². The number of anilines is 1. The Hall–Kier alpha value is -2.55. The van der Waals surface area contributed by atoms with Crippen LogP contribution in [-0.4, -0.2) is 23.9 Å². The largest absolute Gasteiger partial charge is 0.377 e. The number of benzene rings is 2. The Labute approximate surface area is 173 Å². The number of carbonyl (C=O) groups excluding carboxylic acids is 1. The normalized spacial score (nSPS) is 25.7. The molecule has 3 atom stereocenters. The average molecular weight is 387 g/mol. The molecule has 150 valence electrons. The number of aryl methyl sites for hydroxylation is 1. The number of fused-ring (bicyclic) bond motifs is 3. The second kappa shape index (κ2) is 7.70. The number of hydrogen-bond donors (Lipinski definition) is 1. The van der Waals surface area contributed by atoms with Crippen LogP contribution in [0.25, 0.3) is 0 Å². The van der Waals surface area contributed by atoms with E-state index in [-0.39, 0.29) is 11.9 Å². The first-order valence-corrected chi connectivity index (χ1v) is 11.1. The van der Waals surface area contributed by atoms with Gasteiger partial charge >= 0.3 is 0 Å². The molecular weight excluding hydrogens is 356 g/mol. The first kappa shape index (κ1) is 18.5. The van der Waals surface area contributed by atoms with E-state index in [1.54, 1.807) is 0 Å². The van der Waals surface area contributed by atoms with Gasteiger partial charge < -0.3 is 10.2 Å². The van der Waals surface area contributed by atoms with Gasteiger partial charge in [-0.1, -0.05) is 67.0 Å². The molecule has 2 aromatic rings. The molecule has 0 aromatic heterocycles. The summed E-state index contributed by atoms with van der Waals surface area (Å²) in [6.45, 7) is 3.90. The van der Waals surface area contributed by atoms with Gasteiger partial charge in [-0.3, -0.25) is 4.79 Å². The zero-order valence-electron chi connectivity index (χ0n) is 17.2. The van der Waals surface area contributed by atoms with E-state index in [0.717, 1.165) is 43.6 Å². The van der Waals surface area contributed by atoms with Crippen molar-refractivity contribution in [3.05, 3.63) is 76.9 Å². The van der Waals surface area contributed by atoms with Gasteiger partial charge in [0, 0.05) is 19.0 Å². The molecule has 0 radical (unpaired) electrons. The number of nitrogens with zero attached hydrogens (tertiary/aromatic N) is 1.